The zero-order chi connectivity index (χ0) is 20.5. The third-order valence-electron chi connectivity index (χ3n) is 3.60. The Morgan fingerprint density at radius 3 is 2.11 bits per heavy atom. The number of ether oxygens (including phenoxy) is 2. The summed E-state index contributed by atoms with van der Waals surface area (Å²) in [5.74, 6) is -0.303. The van der Waals surface area contributed by atoms with E-state index < -0.39 is 11.7 Å². The monoisotopic (exact) mass is 384 g/mol. The summed E-state index contributed by atoms with van der Waals surface area (Å²) in [6.07, 6.45) is 10.5. The third kappa shape index (κ3) is 18.5. The zero-order valence-corrected chi connectivity index (χ0v) is 17.3. The minimum Gasteiger partial charge on any atom is -0.466 e. The van der Waals surface area contributed by atoms with Crippen molar-refractivity contribution in [2.45, 2.75) is 77.7 Å². The second-order valence-electron chi connectivity index (χ2n) is 7.36. The molecule has 0 unspecified atom stereocenters. The van der Waals surface area contributed by atoms with E-state index in [1.807, 2.05) is 6.08 Å². The average Bonchev–Trinajstić information content (AvgIpc) is 2.58. The SMILES string of the molecule is COC(=O)C=CCCCCCCCCC(=O)NCCNC(=O)OC(C)(C)C. The summed E-state index contributed by atoms with van der Waals surface area (Å²) in [7, 11) is 1.37. The van der Waals surface area contributed by atoms with Crippen molar-refractivity contribution >= 4 is 18.0 Å². The molecule has 0 spiro atoms. The molecule has 27 heavy (non-hydrogen) atoms. The highest BCUT2D eigenvalue weighted by molar-refractivity contribution is 5.81. The Kier molecular flexibility index (Phi) is 13.9. The molecule has 0 atom stereocenters. The minimum atomic E-state index is -0.521. The van der Waals surface area contributed by atoms with E-state index in [1.54, 1.807) is 20.8 Å². The molecule has 0 saturated carbocycles. The molecule has 0 aliphatic carbocycles. The molecule has 0 heterocycles. The molecule has 0 fully saturated rings. The molecule has 7 heteroatoms. The van der Waals surface area contributed by atoms with Gasteiger partial charge in [0.1, 0.15) is 5.60 Å². The van der Waals surface area contributed by atoms with E-state index >= 15 is 0 Å². The zero-order valence-electron chi connectivity index (χ0n) is 17.3. The number of methoxy groups -OCH3 is 1. The smallest absolute Gasteiger partial charge is 0.407 e. The molecular weight excluding hydrogens is 348 g/mol. The van der Waals surface area contributed by atoms with E-state index in [-0.39, 0.29) is 11.9 Å². The van der Waals surface area contributed by atoms with Gasteiger partial charge in [0.25, 0.3) is 0 Å². The summed E-state index contributed by atoms with van der Waals surface area (Å²) < 4.78 is 9.62. The Bertz CT molecular complexity index is 469. The van der Waals surface area contributed by atoms with Gasteiger partial charge in [-0.2, -0.15) is 0 Å². The Morgan fingerprint density at radius 2 is 1.48 bits per heavy atom. The van der Waals surface area contributed by atoms with Crippen molar-refractivity contribution in [1.82, 2.24) is 10.6 Å². The maximum Gasteiger partial charge on any atom is 0.407 e. The first-order valence-electron chi connectivity index (χ1n) is 9.72. The summed E-state index contributed by atoms with van der Waals surface area (Å²) in [6, 6.07) is 0. The number of carbonyl (C=O) groups is 3. The molecule has 0 aromatic heterocycles. The number of nitrogens with one attached hydrogen (secondary N) is 2. The van der Waals surface area contributed by atoms with Crippen molar-refractivity contribution < 1.29 is 23.9 Å². The number of rotatable bonds is 13. The Hall–Kier alpha value is -2.05. The van der Waals surface area contributed by atoms with Crippen LogP contribution in [0.15, 0.2) is 12.2 Å². The van der Waals surface area contributed by atoms with Crippen LogP contribution in [0.4, 0.5) is 4.79 Å². The number of unbranched alkanes of at least 4 members (excludes halogenated alkanes) is 6. The normalized spacial score (nSPS) is 11.3. The van der Waals surface area contributed by atoms with Crippen LogP contribution in [-0.4, -0.2) is 43.8 Å². The lowest BCUT2D eigenvalue weighted by atomic mass is 10.1. The van der Waals surface area contributed by atoms with Crippen LogP contribution in [0, 0.1) is 0 Å². The molecule has 0 radical (unpaired) electrons. The van der Waals surface area contributed by atoms with Crippen molar-refractivity contribution in [3.8, 4) is 0 Å². The molecule has 0 aromatic rings. The van der Waals surface area contributed by atoms with Crippen LogP contribution in [0.2, 0.25) is 0 Å². The van der Waals surface area contributed by atoms with Gasteiger partial charge in [-0.05, 0) is 40.0 Å². The second kappa shape index (κ2) is 15.1. The summed E-state index contributed by atoms with van der Waals surface area (Å²) in [5.41, 5.74) is -0.521. The highest BCUT2D eigenvalue weighted by Crippen LogP contribution is 2.09. The van der Waals surface area contributed by atoms with Gasteiger partial charge in [0.05, 0.1) is 7.11 Å². The van der Waals surface area contributed by atoms with Gasteiger partial charge in [-0.3, -0.25) is 4.79 Å². The van der Waals surface area contributed by atoms with Crippen LogP contribution in [0.1, 0.15) is 72.1 Å². The van der Waals surface area contributed by atoms with Crippen molar-refractivity contribution in [2.75, 3.05) is 20.2 Å². The Labute approximate surface area is 163 Å². The maximum absolute atomic E-state index is 11.7. The highest BCUT2D eigenvalue weighted by Gasteiger charge is 2.15. The van der Waals surface area contributed by atoms with E-state index in [0.29, 0.717) is 19.5 Å². The molecule has 2 amide bonds. The summed E-state index contributed by atoms with van der Waals surface area (Å²) in [6.45, 7) is 6.16. The fraction of sp³-hybridized carbons (Fsp3) is 0.750. The molecule has 156 valence electrons. The first kappa shape index (κ1) is 24.9. The Morgan fingerprint density at radius 1 is 0.889 bits per heavy atom. The third-order valence-corrected chi connectivity index (χ3v) is 3.60. The first-order chi connectivity index (χ1) is 12.7. The summed E-state index contributed by atoms with van der Waals surface area (Å²) in [4.78, 5) is 34.0. The number of esters is 1. The lowest BCUT2D eigenvalue weighted by Gasteiger charge is -2.19. The lowest BCUT2D eigenvalue weighted by molar-refractivity contribution is -0.134. The van der Waals surface area contributed by atoms with E-state index in [2.05, 4.69) is 15.4 Å². The number of carbonyl (C=O) groups excluding carboxylic acids is 3. The molecule has 0 saturated heterocycles. The molecule has 0 aromatic carbocycles. The molecule has 0 aliphatic rings. The topological polar surface area (TPSA) is 93.7 Å². The van der Waals surface area contributed by atoms with Crippen LogP contribution >= 0.6 is 0 Å². The first-order valence-corrected chi connectivity index (χ1v) is 9.72. The molecule has 0 aliphatic heterocycles. The van der Waals surface area contributed by atoms with Gasteiger partial charge in [-0.25, -0.2) is 9.59 Å². The van der Waals surface area contributed by atoms with E-state index in [4.69, 9.17) is 4.74 Å². The predicted octanol–water partition coefficient (Wildman–Crippen LogP) is 3.48. The molecule has 2 N–H and O–H groups in total. The summed E-state index contributed by atoms with van der Waals surface area (Å²) >= 11 is 0. The number of hydrogen-bond donors (Lipinski definition) is 2. The van der Waals surface area contributed by atoms with Gasteiger partial charge in [0.15, 0.2) is 0 Å². The number of hydrogen-bond acceptors (Lipinski definition) is 5. The van der Waals surface area contributed by atoms with Crippen LogP contribution in [0.25, 0.3) is 0 Å². The fourth-order valence-electron chi connectivity index (χ4n) is 2.27. The van der Waals surface area contributed by atoms with Gasteiger partial charge in [-0.1, -0.05) is 31.8 Å². The molecule has 7 nitrogen and oxygen atoms in total. The van der Waals surface area contributed by atoms with Gasteiger partial charge >= 0.3 is 12.1 Å². The largest absolute Gasteiger partial charge is 0.466 e. The average molecular weight is 385 g/mol. The van der Waals surface area contributed by atoms with Gasteiger partial charge < -0.3 is 20.1 Å². The van der Waals surface area contributed by atoms with Crippen LogP contribution in [0.5, 0.6) is 0 Å². The quantitative estimate of drug-likeness (QED) is 0.288. The van der Waals surface area contributed by atoms with Gasteiger partial charge in [-0.15, -0.1) is 0 Å². The van der Waals surface area contributed by atoms with Crippen LogP contribution in [-0.2, 0) is 19.1 Å². The van der Waals surface area contributed by atoms with E-state index in [9.17, 15) is 14.4 Å². The van der Waals surface area contributed by atoms with Crippen molar-refractivity contribution in [1.29, 1.82) is 0 Å². The van der Waals surface area contributed by atoms with Crippen LogP contribution in [0.3, 0.4) is 0 Å². The van der Waals surface area contributed by atoms with Gasteiger partial charge in [0, 0.05) is 25.6 Å². The summed E-state index contributed by atoms with van der Waals surface area (Å²) in [5, 5.41) is 5.39. The maximum atomic E-state index is 11.7. The highest BCUT2D eigenvalue weighted by atomic mass is 16.6. The minimum absolute atomic E-state index is 0.00827. The van der Waals surface area contributed by atoms with Crippen molar-refractivity contribution in [3.63, 3.8) is 0 Å². The lowest BCUT2D eigenvalue weighted by Crippen LogP contribution is -2.37. The Balaban J connectivity index is 3.43. The molecule has 0 rings (SSSR count). The number of amides is 2. The van der Waals surface area contributed by atoms with Gasteiger partial charge in [0.2, 0.25) is 5.91 Å². The molecular formula is C20H36N2O5. The second-order valence-corrected chi connectivity index (χ2v) is 7.36. The fourth-order valence-corrected chi connectivity index (χ4v) is 2.27. The standard InChI is InChI=1S/C20H36N2O5/c1-20(2,3)27-19(25)22-16-15-21-17(23)13-11-9-7-5-6-8-10-12-14-18(24)26-4/h12,14H,5-11,13,15-16H2,1-4H3,(H,21,23)(H,22,25). The van der Waals surface area contributed by atoms with Crippen molar-refractivity contribution in [2.24, 2.45) is 0 Å². The van der Waals surface area contributed by atoms with E-state index in [1.165, 1.54) is 13.2 Å². The van der Waals surface area contributed by atoms with Crippen LogP contribution < -0.4 is 10.6 Å². The van der Waals surface area contributed by atoms with Crippen molar-refractivity contribution in [3.05, 3.63) is 12.2 Å². The number of allylic oxidation sites excluding steroid dienone is 1. The number of alkyl carbamates (subject to hydrolysis) is 1. The van der Waals surface area contributed by atoms with E-state index in [0.717, 1.165) is 44.9 Å². The predicted molar refractivity (Wildman–Crippen MR) is 105 cm³/mol. The molecule has 0 bridgehead atoms.